The first-order valence-electron chi connectivity index (χ1n) is 9.60. The summed E-state index contributed by atoms with van der Waals surface area (Å²) in [5, 5.41) is 0. The number of fused-ring (bicyclic) bond motifs is 1. The monoisotopic (exact) mass is 440 g/mol. The maximum atomic E-state index is 14.1. The van der Waals surface area contributed by atoms with E-state index in [0.717, 1.165) is 11.3 Å². The lowest BCUT2D eigenvalue weighted by Crippen LogP contribution is -2.39. The van der Waals surface area contributed by atoms with Crippen LogP contribution in [0, 0.1) is 11.6 Å². The third-order valence-electron chi connectivity index (χ3n) is 4.89. The summed E-state index contributed by atoms with van der Waals surface area (Å²) in [5.74, 6) is -1.48. The highest BCUT2D eigenvalue weighted by Crippen LogP contribution is 2.30. The van der Waals surface area contributed by atoms with Crippen molar-refractivity contribution in [3.63, 3.8) is 0 Å². The van der Waals surface area contributed by atoms with E-state index in [2.05, 4.69) is 4.99 Å². The number of allylic oxidation sites excluding steroid dienone is 1. The number of halogens is 2. The van der Waals surface area contributed by atoms with Crippen molar-refractivity contribution in [2.75, 3.05) is 6.61 Å². The van der Waals surface area contributed by atoms with Gasteiger partial charge in [0.1, 0.15) is 11.6 Å². The molecule has 0 unspecified atom stereocenters. The fourth-order valence-electron chi connectivity index (χ4n) is 3.49. The van der Waals surface area contributed by atoms with Crippen LogP contribution in [0.15, 0.2) is 69.6 Å². The second kappa shape index (κ2) is 8.39. The Labute approximate surface area is 180 Å². The molecule has 0 spiro atoms. The van der Waals surface area contributed by atoms with E-state index in [4.69, 9.17) is 4.74 Å². The second-order valence-corrected chi connectivity index (χ2v) is 7.88. The minimum Gasteiger partial charge on any atom is -0.463 e. The fourth-order valence-corrected chi connectivity index (χ4v) is 4.52. The number of nitrogens with zero attached hydrogens (tertiary/aromatic N) is 2. The smallest absolute Gasteiger partial charge is 0.338 e. The molecule has 1 atom stereocenters. The molecule has 1 aliphatic heterocycles. The number of carbonyl (C=O) groups excluding carboxylic acids is 1. The predicted octanol–water partition coefficient (Wildman–Crippen LogP) is 3.08. The van der Waals surface area contributed by atoms with Gasteiger partial charge in [-0.2, -0.15) is 0 Å². The molecule has 1 aliphatic rings. The van der Waals surface area contributed by atoms with E-state index in [1.54, 1.807) is 32.0 Å². The van der Waals surface area contributed by atoms with Gasteiger partial charge in [0, 0.05) is 5.56 Å². The lowest BCUT2D eigenvalue weighted by molar-refractivity contribution is -0.139. The first-order valence-corrected chi connectivity index (χ1v) is 10.4. The van der Waals surface area contributed by atoms with Gasteiger partial charge in [0.2, 0.25) is 0 Å². The molecule has 2 aromatic carbocycles. The van der Waals surface area contributed by atoms with Gasteiger partial charge in [-0.3, -0.25) is 9.36 Å². The van der Waals surface area contributed by atoms with E-state index in [1.165, 1.54) is 41.0 Å². The Morgan fingerprint density at radius 3 is 2.58 bits per heavy atom. The van der Waals surface area contributed by atoms with Crippen molar-refractivity contribution in [2.45, 2.75) is 19.9 Å². The van der Waals surface area contributed by atoms with Gasteiger partial charge in [0.15, 0.2) is 4.80 Å². The van der Waals surface area contributed by atoms with Gasteiger partial charge in [0.05, 0.1) is 28.5 Å². The Morgan fingerprint density at radius 2 is 1.90 bits per heavy atom. The highest BCUT2D eigenvalue weighted by Gasteiger charge is 2.33. The van der Waals surface area contributed by atoms with Gasteiger partial charge in [-0.1, -0.05) is 41.7 Å². The van der Waals surface area contributed by atoms with Crippen LogP contribution in [0.2, 0.25) is 0 Å². The van der Waals surface area contributed by atoms with Crippen LogP contribution >= 0.6 is 11.3 Å². The molecule has 0 amide bonds. The fraction of sp³-hybridized carbons (Fsp3) is 0.174. The molecule has 0 fully saturated rings. The van der Waals surface area contributed by atoms with Crippen LogP contribution < -0.4 is 14.9 Å². The molecule has 158 valence electrons. The number of esters is 1. The highest BCUT2D eigenvalue weighted by molar-refractivity contribution is 7.07. The predicted molar refractivity (Wildman–Crippen MR) is 113 cm³/mol. The number of hydrogen-bond acceptors (Lipinski definition) is 5. The van der Waals surface area contributed by atoms with Crippen LogP contribution in [-0.2, 0) is 9.53 Å². The van der Waals surface area contributed by atoms with Crippen LogP contribution in [0.3, 0.4) is 0 Å². The summed E-state index contributed by atoms with van der Waals surface area (Å²) in [7, 11) is 0. The van der Waals surface area contributed by atoms with E-state index >= 15 is 0 Å². The Kier molecular flexibility index (Phi) is 5.65. The number of aromatic nitrogens is 1. The standard InChI is InChI=1S/C23H18F2N2O3S/c1-3-30-22(29)19-13(2)26-23-27(20(19)14-8-10-16(24)11-9-14)21(28)18(31-23)12-15-6-4-5-7-17(15)25/h4-12,20H,3H2,1-2H3/b18-12-/t20-/m1/s1. The summed E-state index contributed by atoms with van der Waals surface area (Å²) in [6, 6.07) is 10.9. The van der Waals surface area contributed by atoms with Crippen molar-refractivity contribution >= 4 is 23.4 Å². The molecule has 0 saturated heterocycles. The topological polar surface area (TPSA) is 60.7 Å². The third-order valence-corrected chi connectivity index (χ3v) is 5.88. The zero-order chi connectivity index (χ0) is 22.1. The molecule has 0 bridgehead atoms. The Hall–Kier alpha value is -3.39. The zero-order valence-corrected chi connectivity index (χ0v) is 17.6. The molecule has 0 N–H and O–H groups in total. The third kappa shape index (κ3) is 3.86. The van der Waals surface area contributed by atoms with Crippen molar-refractivity contribution in [1.82, 2.24) is 4.57 Å². The number of hydrogen-bond donors (Lipinski definition) is 0. The SMILES string of the molecule is CCOC(=O)C1=C(C)N=c2s/c(=C\c3ccccc3F)c(=O)n2[C@@H]1c1ccc(F)cc1. The molecule has 2 heterocycles. The van der Waals surface area contributed by atoms with Crippen molar-refractivity contribution in [2.24, 2.45) is 4.99 Å². The molecule has 4 rings (SSSR count). The van der Waals surface area contributed by atoms with Crippen LogP contribution in [0.5, 0.6) is 0 Å². The molecular formula is C23H18F2N2O3S. The molecule has 31 heavy (non-hydrogen) atoms. The van der Waals surface area contributed by atoms with Crippen LogP contribution in [0.25, 0.3) is 6.08 Å². The maximum absolute atomic E-state index is 14.1. The lowest BCUT2D eigenvalue weighted by atomic mass is 9.96. The van der Waals surface area contributed by atoms with Gasteiger partial charge >= 0.3 is 5.97 Å². The summed E-state index contributed by atoms with van der Waals surface area (Å²) < 4.78 is 34.5. The van der Waals surface area contributed by atoms with Gasteiger partial charge in [-0.05, 0) is 43.7 Å². The normalized spacial score (nSPS) is 16.1. The molecule has 0 saturated carbocycles. The molecular weight excluding hydrogens is 422 g/mol. The number of benzene rings is 2. The van der Waals surface area contributed by atoms with E-state index in [9.17, 15) is 18.4 Å². The summed E-state index contributed by atoms with van der Waals surface area (Å²) in [6.45, 7) is 3.50. The Balaban J connectivity index is 1.97. The average Bonchev–Trinajstić information content (AvgIpc) is 3.04. The number of ether oxygens (including phenoxy) is 1. The molecule has 0 radical (unpaired) electrons. The molecule has 5 nitrogen and oxygen atoms in total. The minimum atomic E-state index is -0.835. The molecule has 8 heteroatoms. The first-order chi connectivity index (χ1) is 14.9. The van der Waals surface area contributed by atoms with E-state index in [-0.39, 0.29) is 22.3 Å². The summed E-state index contributed by atoms with van der Waals surface area (Å²) in [6.07, 6.45) is 1.46. The zero-order valence-electron chi connectivity index (χ0n) is 16.8. The van der Waals surface area contributed by atoms with Gasteiger partial charge < -0.3 is 4.74 Å². The molecule has 1 aromatic heterocycles. The number of rotatable bonds is 4. The Morgan fingerprint density at radius 1 is 1.19 bits per heavy atom. The van der Waals surface area contributed by atoms with Crippen molar-refractivity contribution in [3.8, 4) is 0 Å². The average molecular weight is 440 g/mol. The van der Waals surface area contributed by atoms with Crippen LogP contribution in [-0.4, -0.2) is 17.1 Å². The van der Waals surface area contributed by atoms with E-state index < -0.39 is 29.2 Å². The first kappa shape index (κ1) is 20.9. The van der Waals surface area contributed by atoms with Crippen LogP contribution in [0.1, 0.15) is 31.0 Å². The molecule has 3 aromatic rings. The van der Waals surface area contributed by atoms with Gasteiger partial charge in [0.25, 0.3) is 5.56 Å². The van der Waals surface area contributed by atoms with Crippen molar-refractivity contribution in [1.29, 1.82) is 0 Å². The quantitative estimate of drug-likeness (QED) is 0.586. The van der Waals surface area contributed by atoms with Crippen molar-refractivity contribution < 1.29 is 18.3 Å². The van der Waals surface area contributed by atoms with E-state index in [1.807, 2.05) is 0 Å². The second-order valence-electron chi connectivity index (χ2n) is 6.88. The number of thiazole rings is 1. The van der Waals surface area contributed by atoms with Gasteiger partial charge in [-0.25, -0.2) is 18.6 Å². The Bertz CT molecular complexity index is 1370. The maximum Gasteiger partial charge on any atom is 0.338 e. The summed E-state index contributed by atoms with van der Waals surface area (Å²) in [5.41, 5.74) is 1.00. The summed E-state index contributed by atoms with van der Waals surface area (Å²) in [4.78, 5) is 30.9. The largest absolute Gasteiger partial charge is 0.463 e. The number of carbonyl (C=O) groups is 1. The lowest BCUT2D eigenvalue weighted by Gasteiger charge is -2.24. The van der Waals surface area contributed by atoms with Crippen molar-refractivity contribution in [3.05, 3.63) is 102 Å². The summed E-state index contributed by atoms with van der Waals surface area (Å²) >= 11 is 1.10. The molecule has 0 aliphatic carbocycles. The van der Waals surface area contributed by atoms with Gasteiger partial charge in [-0.15, -0.1) is 0 Å². The minimum absolute atomic E-state index is 0.156. The highest BCUT2D eigenvalue weighted by atomic mass is 32.1. The van der Waals surface area contributed by atoms with E-state index in [0.29, 0.717) is 16.1 Å². The van der Waals surface area contributed by atoms with Crippen LogP contribution in [0.4, 0.5) is 8.78 Å².